The number of nitrogens with one attached hydrogen (secondary N) is 1. The van der Waals surface area contributed by atoms with Gasteiger partial charge in [0.25, 0.3) is 0 Å². The Morgan fingerprint density at radius 3 is 1.15 bits per heavy atom. The van der Waals surface area contributed by atoms with Crippen molar-refractivity contribution < 1.29 is 37.3 Å². The molecule has 0 spiro atoms. The molecule has 0 aliphatic heterocycles. The molecule has 9 nitrogen and oxygen atoms in total. The number of carbonyl (C=O) groups excluding carboxylic acids is 2. The van der Waals surface area contributed by atoms with Gasteiger partial charge in [-0.05, 0) is 57.4 Å². The van der Waals surface area contributed by atoms with Crippen LogP contribution in [0.4, 0.5) is 0 Å². The van der Waals surface area contributed by atoms with Crippen molar-refractivity contribution in [2.24, 2.45) is 0 Å². The van der Waals surface area contributed by atoms with E-state index in [1.54, 1.807) is 0 Å². The summed E-state index contributed by atoms with van der Waals surface area (Å²) in [6.45, 7) is 7.05. The monoisotopic (exact) mass is 1070 g/mol. The van der Waals surface area contributed by atoms with Crippen LogP contribution >= 0.6 is 7.82 Å². The van der Waals surface area contributed by atoms with E-state index in [1.165, 1.54) is 231 Å². The van der Waals surface area contributed by atoms with Gasteiger partial charge in [0, 0.05) is 12.8 Å². The van der Waals surface area contributed by atoms with Crippen LogP contribution in [0, 0.1) is 0 Å². The lowest BCUT2D eigenvalue weighted by Gasteiger charge is -2.27. The minimum atomic E-state index is -4.44. The van der Waals surface area contributed by atoms with E-state index in [-0.39, 0.29) is 25.1 Å². The molecule has 0 aromatic carbocycles. The van der Waals surface area contributed by atoms with Gasteiger partial charge in [0.1, 0.15) is 19.3 Å². The summed E-state index contributed by atoms with van der Waals surface area (Å²) < 4.78 is 30.7. The highest BCUT2D eigenvalue weighted by Gasteiger charge is 2.30. The first-order valence-electron chi connectivity index (χ1n) is 32.2. The normalized spacial score (nSPS) is 13.8. The fourth-order valence-electron chi connectivity index (χ4n) is 9.64. The number of phosphoric acid groups is 1. The molecule has 0 aromatic rings. The average molecular weight is 1070 g/mol. The molecule has 0 aromatic heterocycles. The van der Waals surface area contributed by atoms with Gasteiger partial charge in [0.15, 0.2) is 0 Å². The molecule has 0 radical (unpaired) electrons. The molecule has 3 atom stereocenters. The summed E-state index contributed by atoms with van der Waals surface area (Å²) in [5.41, 5.74) is 0. The van der Waals surface area contributed by atoms with Gasteiger partial charge in [-0.1, -0.05) is 277 Å². The van der Waals surface area contributed by atoms with Crippen molar-refractivity contribution in [2.75, 3.05) is 40.9 Å². The molecule has 3 unspecified atom stereocenters. The van der Waals surface area contributed by atoms with Gasteiger partial charge in [0.05, 0.1) is 33.8 Å². The maximum Gasteiger partial charge on any atom is 0.472 e. The zero-order valence-corrected chi connectivity index (χ0v) is 51.0. The van der Waals surface area contributed by atoms with Crippen LogP contribution in [0.2, 0.25) is 0 Å². The predicted molar refractivity (Wildman–Crippen MR) is 319 cm³/mol. The van der Waals surface area contributed by atoms with Gasteiger partial charge in [-0.2, -0.15) is 0 Å². The highest BCUT2D eigenvalue weighted by Crippen LogP contribution is 2.43. The number of likely N-dealkylation sites (N-methyl/N-ethyl adjacent to an activating group) is 1. The van der Waals surface area contributed by atoms with Crippen molar-refractivity contribution >= 4 is 19.7 Å². The first-order valence-corrected chi connectivity index (χ1v) is 33.7. The fourth-order valence-corrected chi connectivity index (χ4v) is 10.4. The van der Waals surface area contributed by atoms with Gasteiger partial charge >= 0.3 is 13.8 Å². The third-order valence-electron chi connectivity index (χ3n) is 14.6. The van der Waals surface area contributed by atoms with Gasteiger partial charge < -0.3 is 19.4 Å². The number of quaternary nitrogens is 1. The van der Waals surface area contributed by atoms with Crippen LogP contribution < -0.4 is 5.32 Å². The van der Waals surface area contributed by atoms with Gasteiger partial charge in [-0.15, -0.1) is 0 Å². The Labute approximate surface area is 460 Å². The second-order valence-corrected chi connectivity index (χ2v) is 24.7. The maximum atomic E-state index is 13.5. The fraction of sp³-hybridized carbons (Fsp3) is 0.906. The molecular formula is C64H126N2O7P+. The lowest BCUT2D eigenvalue weighted by atomic mass is 10.0. The summed E-state index contributed by atoms with van der Waals surface area (Å²) in [5.74, 6) is -0.488. The Hall–Kier alpha value is -1.51. The predicted octanol–water partition coefficient (Wildman–Crippen LogP) is 19.7. The highest BCUT2D eigenvalue weighted by atomic mass is 31.2. The summed E-state index contributed by atoms with van der Waals surface area (Å²) in [5, 5.41) is 3.06. The first-order chi connectivity index (χ1) is 35.9. The number of rotatable bonds is 59. The van der Waals surface area contributed by atoms with Gasteiger partial charge in [0.2, 0.25) is 5.91 Å². The third kappa shape index (κ3) is 55.3. The van der Waals surface area contributed by atoms with Crippen LogP contribution in [0.1, 0.15) is 323 Å². The SMILES string of the molecule is CCCCCCCC/C=C/CCCCCCCCCCCCCCCC(=O)NC(COP(=O)(O)OCC[N+](C)(C)C)C(/C=C\CCCCCCCCCCC)OC(=O)CCCCCCCCCCCCCCCC. The van der Waals surface area contributed by atoms with Crippen molar-refractivity contribution in [3.05, 3.63) is 24.3 Å². The number of allylic oxidation sites excluding steroid dienone is 3. The minimum Gasteiger partial charge on any atom is -0.456 e. The summed E-state index contributed by atoms with van der Waals surface area (Å²) in [6, 6.07) is -0.841. The van der Waals surface area contributed by atoms with E-state index in [2.05, 4.69) is 38.2 Å². The van der Waals surface area contributed by atoms with E-state index in [0.29, 0.717) is 23.9 Å². The molecule has 0 fully saturated rings. The average Bonchev–Trinajstić information content (AvgIpc) is 3.36. The summed E-state index contributed by atoms with van der Waals surface area (Å²) in [7, 11) is 1.51. The Bertz CT molecular complexity index is 1320. The van der Waals surface area contributed by atoms with Crippen LogP contribution in [0.15, 0.2) is 24.3 Å². The summed E-state index contributed by atoms with van der Waals surface area (Å²) >= 11 is 0. The van der Waals surface area contributed by atoms with Crippen molar-refractivity contribution in [3.63, 3.8) is 0 Å². The van der Waals surface area contributed by atoms with Crippen molar-refractivity contribution in [3.8, 4) is 0 Å². The van der Waals surface area contributed by atoms with Crippen molar-refractivity contribution in [1.82, 2.24) is 5.32 Å². The summed E-state index contributed by atoms with van der Waals surface area (Å²) in [6.07, 6.45) is 64.6. The maximum absolute atomic E-state index is 13.5. The molecule has 74 heavy (non-hydrogen) atoms. The van der Waals surface area contributed by atoms with Gasteiger partial charge in [-0.3, -0.25) is 18.6 Å². The van der Waals surface area contributed by atoms with Crippen molar-refractivity contribution in [1.29, 1.82) is 0 Å². The number of carbonyl (C=O) groups is 2. The van der Waals surface area contributed by atoms with Crippen LogP contribution in [0.5, 0.6) is 0 Å². The number of amides is 1. The van der Waals surface area contributed by atoms with E-state index >= 15 is 0 Å². The number of hydrogen-bond donors (Lipinski definition) is 2. The molecule has 0 bridgehead atoms. The van der Waals surface area contributed by atoms with Crippen molar-refractivity contribution in [2.45, 2.75) is 335 Å². The number of phosphoric ester groups is 1. The number of ether oxygens (including phenoxy) is 1. The Morgan fingerprint density at radius 2 is 0.784 bits per heavy atom. The van der Waals surface area contributed by atoms with E-state index in [4.69, 9.17) is 13.8 Å². The quantitative estimate of drug-likeness (QED) is 0.0205. The molecule has 2 N–H and O–H groups in total. The standard InChI is InChI=1S/C64H125N2O7P/c1-7-10-13-16-19-22-25-27-29-30-31-32-33-34-35-36-37-38-41-44-47-50-53-56-63(67)65-61(60-72-74(69,70)71-59-58-66(4,5)6)62(55-52-49-46-43-40-24-21-18-15-12-9-3)73-64(68)57-54-51-48-45-42-39-28-26-23-20-17-14-11-8-2/h27,29,52,55,61-62H,7-26,28,30-51,53-54,56-60H2,1-6H3,(H-,65,67,69,70)/p+1/b29-27+,55-52-. The number of nitrogens with zero attached hydrogens (tertiary/aromatic N) is 1. The van der Waals surface area contributed by atoms with E-state index in [0.717, 1.165) is 57.8 Å². The van der Waals surface area contributed by atoms with E-state index in [1.807, 2.05) is 33.3 Å². The molecule has 0 saturated heterocycles. The Kier molecular flexibility index (Phi) is 53.7. The summed E-state index contributed by atoms with van der Waals surface area (Å²) in [4.78, 5) is 37.7. The van der Waals surface area contributed by atoms with Crippen LogP contribution in [-0.4, -0.2) is 74.3 Å². The Morgan fingerprint density at radius 1 is 0.459 bits per heavy atom. The third-order valence-corrected chi connectivity index (χ3v) is 15.6. The van der Waals surface area contributed by atoms with Crippen LogP contribution in [-0.2, 0) is 27.9 Å². The molecular weight excluding hydrogens is 940 g/mol. The number of unbranched alkanes of at least 4 members (excludes halogenated alkanes) is 41. The minimum absolute atomic E-state index is 0.0441. The second kappa shape index (κ2) is 54.8. The molecule has 438 valence electrons. The van der Waals surface area contributed by atoms with Gasteiger partial charge in [-0.25, -0.2) is 4.57 Å². The molecule has 0 heterocycles. The zero-order valence-electron chi connectivity index (χ0n) is 50.1. The number of esters is 1. The Balaban J connectivity index is 5.07. The lowest BCUT2D eigenvalue weighted by molar-refractivity contribution is -0.870. The second-order valence-electron chi connectivity index (χ2n) is 23.3. The van der Waals surface area contributed by atoms with Crippen LogP contribution in [0.3, 0.4) is 0 Å². The molecule has 0 aliphatic rings. The molecule has 1 amide bonds. The lowest BCUT2D eigenvalue weighted by Crippen LogP contribution is -2.47. The van der Waals surface area contributed by atoms with E-state index < -0.39 is 20.0 Å². The molecule has 0 aliphatic carbocycles. The first kappa shape index (κ1) is 72.5. The smallest absolute Gasteiger partial charge is 0.456 e. The molecule has 10 heteroatoms. The van der Waals surface area contributed by atoms with E-state index in [9.17, 15) is 19.0 Å². The largest absolute Gasteiger partial charge is 0.472 e. The molecule has 0 saturated carbocycles. The number of hydrogen-bond acceptors (Lipinski definition) is 6. The zero-order chi connectivity index (χ0) is 54.3. The molecule has 0 rings (SSSR count). The topological polar surface area (TPSA) is 111 Å². The highest BCUT2D eigenvalue weighted by molar-refractivity contribution is 7.47. The van der Waals surface area contributed by atoms with Crippen LogP contribution in [0.25, 0.3) is 0 Å².